The van der Waals surface area contributed by atoms with E-state index in [1.54, 1.807) is 0 Å². The molecule has 2 aromatic carbocycles. The third kappa shape index (κ3) is 2.57. The maximum Gasteiger partial charge on any atom is 0.256 e. The van der Waals surface area contributed by atoms with Crippen molar-refractivity contribution in [2.24, 2.45) is 0 Å². The van der Waals surface area contributed by atoms with Gasteiger partial charge in [0.2, 0.25) is 0 Å². The summed E-state index contributed by atoms with van der Waals surface area (Å²) in [6, 6.07) is 15.9. The van der Waals surface area contributed by atoms with E-state index >= 15 is 0 Å². The Hall–Kier alpha value is -2.66. The number of aliphatic hydroxyl groups is 1. The predicted octanol–water partition coefficient (Wildman–Crippen LogP) is 2.68. The molecule has 1 unspecified atom stereocenters. The number of fused-ring (bicyclic) bond motifs is 1. The van der Waals surface area contributed by atoms with Crippen LogP contribution >= 0.6 is 0 Å². The normalized spacial score (nSPS) is 17.5. The number of hydrogen-bond donors (Lipinski definition) is 2. The van der Waals surface area contributed by atoms with Crippen molar-refractivity contribution in [3.8, 4) is 0 Å². The number of aliphatic hydroxyl groups excluding tert-OH is 1. The number of likely N-dealkylation sites (tertiary alicyclic amines) is 1. The maximum absolute atomic E-state index is 12.9. The Labute approximate surface area is 139 Å². The molecule has 2 N–H and O–H groups in total. The van der Waals surface area contributed by atoms with E-state index in [-0.39, 0.29) is 12.5 Å². The van der Waals surface area contributed by atoms with Gasteiger partial charge in [0.25, 0.3) is 5.91 Å². The van der Waals surface area contributed by atoms with Gasteiger partial charge in [0.15, 0.2) is 0 Å². The molecule has 5 nitrogen and oxygen atoms in total. The molecule has 0 bridgehead atoms. The molecule has 1 amide bonds. The van der Waals surface area contributed by atoms with E-state index in [1.165, 1.54) is 5.56 Å². The second-order valence-electron chi connectivity index (χ2n) is 6.19. The van der Waals surface area contributed by atoms with Crippen LogP contribution in [0.2, 0.25) is 0 Å². The summed E-state index contributed by atoms with van der Waals surface area (Å²) in [5.74, 6) is 0.880. The lowest BCUT2D eigenvalue weighted by atomic mass is 9.99. The van der Waals surface area contributed by atoms with Crippen LogP contribution in [0.25, 0.3) is 11.0 Å². The molecule has 0 saturated carbocycles. The number of carbonyl (C=O) groups excluding carboxylic acids is 1. The molecule has 5 heteroatoms. The fraction of sp³-hybridized carbons (Fsp3) is 0.263. The van der Waals surface area contributed by atoms with Crippen molar-refractivity contribution in [2.75, 3.05) is 13.1 Å². The third-order valence-corrected chi connectivity index (χ3v) is 4.69. The molecule has 1 aliphatic heterocycles. The third-order valence-electron chi connectivity index (χ3n) is 4.69. The van der Waals surface area contributed by atoms with Gasteiger partial charge in [0.05, 0.1) is 11.1 Å². The molecule has 0 aliphatic carbocycles. The number of benzene rings is 2. The van der Waals surface area contributed by atoms with Gasteiger partial charge >= 0.3 is 0 Å². The van der Waals surface area contributed by atoms with E-state index in [2.05, 4.69) is 22.1 Å². The first-order valence-corrected chi connectivity index (χ1v) is 8.19. The van der Waals surface area contributed by atoms with Crippen LogP contribution in [0.15, 0.2) is 48.5 Å². The van der Waals surface area contributed by atoms with Crippen LogP contribution in [0.5, 0.6) is 0 Å². The molecule has 122 valence electrons. The van der Waals surface area contributed by atoms with Gasteiger partial charge in [-0.1, -0.05) is 36.4 Å². The number of rotatable bonds is 3. The van der Waals surface area contributed by atoms with Crippen LogP contribution in [0.1, 0.15) is 34.1 Å². The van der Waals surface area contributed by atoms with Gasteiger partial charge < -0.3 is 15.0 Å². The second-order valence-corrected chi connectivity index (χ2v) is 6.19. The number of aromatic nitrogens is 2. The number of nitrogens with zero attached hydrogens (tertiary/aromatic N) is 2. The summed E-state index contributed by atoms with van der Waals surface area (Å²) in [6.07, 6.45) is 0.980. The van der Waals surface area contributed by atoms with E-state index in [0.717, 1.165) is 25.0 Å². The molecule has 0 radical (unpaired) electrons. The van der Waals surface area contributed by atoms with Crippen LogP contribution in [-0.4, -0.2) is 39.0 Å². The minimum absolute atomic E-state index is 0.00928. The number of aromatic amines is 1. The highest BCUT2D eigenvalue weighted by molar-refractivity contribution is 6.05. The molecule has 3 aromatic rings. The van der Waals surface area contributed by atoms with Gasteiger partial charge in [-0.25, -0.2) is 4.98 Å². The average molecular weight is 321 g/mol. The lowest BCUT2D eigenvalue weighted by Gasteiger charge is -2.17. The maximum atomic E-state index is 12.9. The summed E-state index contributed by atoms with van der Waals surface area (Å²) in [7, 11) is 0. The minimum atomic E-state index is -0.165. The Morgan fingerprint density at radius 3 is 2.83 bits per heavy atom. The predicted molar refractivity (Wildman–Crippen MR) is 91.7 cm³/mol. The minimum Gasteiger partial charge on any atom is -0.388 e. The summed E-state index contributed by atoms with van der Waals surface area (Å²) in [4.78, 5) is 22.2. The number of imidazole rings is 1. The summed E-state index contributed by atoms with van der Waals surface area (Å²) in [5, 5.41) is 9.25. The Kier molecular flexibility index (Phi) is 3.78. The Balaban J connectivity index is 1.60. The summed E-state index contributed by atoms with van der Waals surface area (Å²) in [5.41, 5.74) is 3.30. The van der Waals surface area contributed by atoms with Crippen molar-refractivity contribution in [3.63, 3.8) is 0 Å². The van der Waals surface area contributed by atoms with Gasteiger partial charge in [0, 0.05) is 19.0 Å². The van der Waals surface area contributed by atoms with Crippen molar-refractivity contribution in [3.05, 3.63) is 65.5 Å². The number of hydrogen-bond acceptors (Lipinski definition) is 3. The van der Waals surface area contributed by atoms with E-state index in [4.69, 9.17) is 0 Å². The van der Waals surface area contributed by atoms with Gasteiger partial charge in [-0.05, 0) is 24.1 Å². The number of H-pyrrole nitrogens is 1. The first-order valence-electron chi connectivity index (χ1n) is 8.19. The van der Waals surface area contributed by atoms with Gasteiger partial charge in [-0.2, -0.15) is 0 Å². The van der Waals surface area contributed by atoms with Crippen molar-refractivity contribution in [2.45, 2.75) is 18.9 Å². The highest BCUT2D eigenvalue weighted by atomic mass is 16.3. The highest BCUT2D eigenvalue weighted by Crippen LogP contribution is 2.29. The number of nitrogens with one attached hydrogen (secondary N) is 1. The van der Waals surface area contributed by atoms with Crippen molar-refractivity contribution >= 4 is 16.9 Å². The molecule has 1 aliphatic rings. The van der Waals surface area contributed by atoms with Gasteiger partial charge in [-0.15, -0.1) is 0 Å². The number of amides is 1. The average Bonchev–Trinajstić information content (AvgIpc) is 3.28. The first-order chi connectivity index (χ1) is 11.8. The highest BCUT2D eigenvalue weighted by Gasteiger charge is 2.29. The largest absolute Gasteiger partial charge is 0.388 e. The first kappa shape index (κ1) is 14.9. The molecule has 4 rings (SSSR count). The smallest absolute Gasteiger partial charge is 0.256 e. The van der Waals surface area contributed by atoms with E-state index in [0.29, 0.717) is 22.8 Å². The summed E-state index contributed by atoms with van der Waals surface area (Å²) < 4.78 is 0. The molecular weight excluding hydrogens is 302 g/mol. The van der Waals surface area contributed by atoms with Crippen LogP contribution < -0.4 is 0 Å². The Bertz CT molecular complexity index is 873. The van der Waals surface area contributed by atoms with E-state index in [9.17, 15) is 9.90 Å². The Morgan fingerprint density at radius 1 is 1.21 bits per heavy atom. The molecule has 24 heavy (non-hydrogen) atoms. The summed E-state index contributed by atoms with van der Waals surface area (Å²) >= 11 is 0. The lowest BCUT2D eigenvalue weighted by Crippen LogP contribution is -2.28. The van der Waals surface area contributed by atoms with Crippen LogP contribution in [0.4, 0.5) is 0 Å². The number of carbonyl (C=O) groups is 1. The van der Waals surface area contributed by atoms with E-state index in [1.807, 2.05) is 41.3 Å². The molecule has 1 saturated heterocycles. The Morgan fingerprint density at radius 2 is 2.04 bits per heavy atom. The zero-order valence-corrected chi connectivity index (χ0v) is 13.3. The molecule has 1 atom stereocenters. The second kappa shape index (κ2) is 6.09. The van der Waals surface area contributed by atoms with Crippen LogP contribution in [0.3, 0.4) is 0 Å². The standard InChI is InChI=1S/C19H19N3O2/c23-12-17-20-16-8-4-7-15(18(16)21-17)19(24)22-10-9-14(11-22)13-5-2-1-3-6-13/h1-8,14,23H,9-12H2,(H,20,21). The van der Waals surface area contributed by atoms with Crippen LogP contribution in [-0.2, 0) is 6.61 Å². The molecule has 1 fully saturated rings. The van der Waals surface area contributed by atoms with Gasteiger partial charge in [-0.3, -0.25) is 4.79 Å². The fourth-order valence-electron chi connectivity index (χ4n) is 3.44. The SMILES string of the molecule is O=C(c1cccc2[nH]c(CO)nc12)N1CCC(c2ccccc2)C1. The molecule has 0 spiro atoms. The molecular formula is C19H19N3O2. The zero-order chi connectivity index (χ0) is 16.5. The quantitative estimate of drug-likeness (QED) is 0.779. The van der Waals surface area contributed by atoms with Gasteiger partial charge in [0.1, 0.15) is 17.9 Å². The molecule has 2 heterocycles. The zero-order valence-electron chi connectivity index (χ0n) is 13.3. The summed E-state index contributed by atoms with van der Waals surface area (Å²) in [6.45, 7) is 1.32. The number of para-hydroxylation sites is 1. The monoisotopic (exact) mass is 321 g/mol. The lowest BCUT2D eigenvalue weighted by molar-refractivity contribution is 0.0792. The van der Waals surface area contributed by atoms with Crippen molar-refractivity contribution in [1.82, 2.24) is 14.9 Å². The van der Waals surface area contributed by atoms with Crippen LogP contribution in [0, 0.1) is 0 Å². The fourth-order valence-corrected chi connectivity index (χ4v) is 3.44. The van der Waals surface area contributed by atoms with Crippen molar-refractivity contribution in [1.29, 1.82) is 0 Å². The topological polar surface area (TPSA) is 69.2 Å². The van der Waals surface area contributed by atoms with Crippen molar-refractivity contribution < 1.29 is 9.90 Å². The van der Waals surface area contributed by atoms with E-state index < -0.39 is 0 Å². The molecule has 1 aromatic heterocycles.